The van der Waals surface area contributed by atoms with Crippen molar-refractivity contribution in [1.82, 2.24) is 10.0 Å². The summed E-state index contributed by atoms with van der Waals surface area (Å²) in [4.78, 5) is 25.3. The van der Waals surface area contributed by atoms with Crippen LogP contribution in [0.2, 0.25) is 0 Å². The maximum atomic E-state index is 12.7. The first-order valence-electron chi connectivity index (χ1n) is 9.54. The van der Waals surface area contributed by atoms with Crippen molar-refractivity contribution in [2.45, 2.75) is 39.3 Å². The maximum Gasteiger partial charge on any atom is 0.343 e. The SMILES string of the molecule is C[C@H]1CC(=O)N2C=C(OC(=O)c3ccccc3)C(C)(C)[C@@H](c3ccccc3)N12. The largest absolute Gasteiger partial charge is 0.425 e. The second-order valence-electron chi connectivity index (χ2n) is 7.96. The van der Waals surface area contributed by atoms with E-state index in [2.05, 4.69) is 37.9 Å². The molecule has 0 N–H and O–H groups in total. The van der Waals surface area contributed by atoms with Crippen LogP contribution in [-0.2, 0) is 9.53 Å². The molecule has 0 saturated carbocycles. The number of amides is 1. The fraction of sp³-hybridized carbons (Fsp3) is 0.304. The molecule has 28 heavy (non-hydrogen) atoms. The Kier molecular flexibility index (Phi) is 4.55. The first-order valence-corrected chi connectivity index (χ1v) is 9.54. The van der Waals surface area contributed by atoms with Crippen molar-refractivity contribution in [1.29, 1.82) is 0 Å². The van der Waals surface area contributed by atoms with E-state index in [4.69, 9.17) is 4.74 Å². The van der Waals surface area contributed by atoms with E-state index in [-0.39, 0.29) is 18.0 Å². The highest BCUT2D eigenvalue weighted by atomic mass is 16.5. The molecule has 2 atom stereocenters. The smallest absolute Gasteiger partial charge is 0.343 e. The maximum absolute atomic E-state index is 12.7. The lowest BCUT2D eigenvalue weighted by atomic mass is 9.77. The average molecular weight is 376 g/mol. The molecule has 144 valence electrons. The number of hydrogen-bond acceptors (Lipinski definition) is 4. The van der Waals surface area contributed by atoms with Crippen LogP contribution in [0.1, 0.15) is 49.2 Å². The van der Waals surface area contributed by atoms with E-state index in [0.717, 1.165) is 5.56 Å². The number of rotatable bonds is 3. The van der Waals surface area contributed by atoms with Gasteiger partial charge in [-0.1, -0.05) is 62.4 Å². The van der Waals surface area contributed by atoms with Crippen LogP contribution in [0.4, 0.5) is 0 Å². The van der Waals surface area contributed by atoms with Crippen LogP contribution in [0.5, 0.6) is 0 Å². The minimum Gasteiger partial charge on any atom is -0.425 e. The zero-order valence-electron chi connectivity index (χ0n) is 16.3. The highest BCUT2D eigenvalue weighted by Crippen LogP contribution is 2.51. The number of esters is 1. The Hall–Kier alpha value is -2.92. The fourth-order valence-electron chi connectivity index (χ4n) is 4.14. The van der Waals surface area contributed by atoms with Gasteiger partial charge < -0.3 is 4.74 Å². The molecule has 0 aliphatic carbocycles. The Balaban J connectivity index is 1.76. The van der Waals surface area contributed by atoms with Gasteiger partial charge in [0.2, 0.25) is 5.91 Å². The minimum atomic E-state index is -0.513. The predicted molar refractivity (Wildman–Crippen MR) is 106 cm³/mol. The Labute approximate surface area is 165 Å². The molecule has 1 fully saturated rings. The lowest BCUT2D eigenvalue weighted by molar-refractivity contribution is -0.143. The van der Waals surface area contributed by atoms with Crippen molar-refractivity contribution in [3.05, 3.63) is 83.7 Å². The van der Waals surface area contributed by atoms with Gasteiger partial charge in [0.25, 0.3) is 0 Å². The summed E-state index contributed by atoms with van der Waals surface area (Å²) in [5.74, 6) is 0.0889. The third kappa shape index (κ3) is 3.02. The van der Waals surface area contributed by atoms with Gasteiger partial charge in [0.15, 0.2) is 0 Å². The lowest BCUT2D eigenvalue weighted by Crippen LogP contribution is -2.51. The average Bonchev–Trinajstić information content (AvgIpc) is 2.96. The number of hydrogen-bond donors (Lipinski definition) is 0. The van der Waals surface area contributed by atoms with Crippen LogP contribution in [-0.4, -0.2) is 27.9 Å². The molecule has 0 spiro atoms. The first kappa shape index (κ1) is 18.4. The topological polar surface area (TPSA) is 49.9 Å². The van der Waals surface area contributed by atoms with Gasteiger partial charge in [0.05, 0.1) is 17.8 Å². The van der Waals surface area contributed by atoms with E-state index < -0.39 is 11.4 Å². The highest BCUT2D eigenvalue weighted by Gasteiger charge is 2.52. The molecule has 0 aromatic heterocycles. The summed E-state index contributed by atoms with van der Waals surface area (Å²) in [7, 11) is 0. The van der Waals surface area contributed by atoms with Crippen LogP contribution >= 0.6 is 0 Å². The quantitative estimate of drug-likeness (QED) is 0.750. The van der Waals surface area contributed by atoms with Crippen molar-refractivity contribution in [3.63, 3.8) is 0 Å². The summed E-state index contributed by atoms with van der Waals surface area (Å²) in [6, 6.07) is 18.9. The standard InChI is InChI=1S/C23H24N2O3/c1-16-14-20(26)24-15-19(28-22(27)18-12-8-5-9-13-18)23(2,3)21(25(16)24)17-10-6-4-7-11-17/h4-13,15-16,21H,14H2,1-3H3/t16-,21+/m0/s1. The number of nitrogens with zero attached hydrogens (tertiary/aromatic N) is 2. The van der Waals surface area contributed by atoms with Crippen molar-refractivity contribution < 1.29 is 14.3 Å². The molecule has 1 saturated heterocycles. The van der Waals surface area contributed by atoms with E-state index in [1.165, 1.54) is 0 Å². The van der Waals surface area contributed by atoms with Gasteiger partial charge in [-0.2, -0.15) is 0 Å². The predicted octanol–water partition coefficient (Wildman–Crippen LogP) is 4.30. The first-order chi connectivity index (χ1) is 13.4. The summed E-state index contributed by atoms with van der Waals surface area (Å²) in [6.07, 6.45) is 2.13. The Bertz CT molecular complexity index is 921. The number of carbonyl (C=O) groups is 2. The van der Waals surface area contributed by atoms with E-state index in [1.807, 2.05) is 24.3 Å². The van der Waals surface area contributed by atoms with Crippen LogP contribution in [0.15, 0.2) is 72.6 Å². The molecule has 2 aliphatic heterocycles. The number of ether oxygens (including phenoxy) is 1. The van der Waals surface area contributed by atoms with Crippen LogP contribution in [0, 0.1) is 5.41 Å². The van der Waals surface area contributed by atoms with E-state index in [0.29, 0.717) is 17.7 Å². The molecule has 2 aliphatic rings. The third-order valence-electron chi connectivity index (χ3n) is 5.58. The normalized spacial score (nSPS) is 23.9. The molecule has 1 amide bonds. The van der Waals surface area contributed by atoms with E-state index >= 15 is 0 Å². The highest BCUT2D eigenvalue weighted by molar-refractivity contribution is 5.90. The van der Waals surface area contributed by atoms with Gasteiger partial charge in [-0.05, 0) is 24.6 Å². The van der Waals surface area contributed by atoms with E-state index in [1.54, 1.807) is 35.5 Å². The van der Waals surface area contributed by atoms with Crippen molar-refractivity contribution in [3.8, 4) is 0 Å². The minimum absolute atomic E-state index is 0.0113. The zero-order valence-corrected chi connectivity index (χ0v) is 16.3. The molecule has 2 aromatic rings. The molecule has 0 radical (unpaired) electrons. The summed E-state index contributed by atoms with van der Waals surface area (Å²) < 4.78 is 5.84. The summed E-state index contributed by atoms with van der Waals surface area (Å²) in [6.45, 7) is 6.17. The molecular weight excluding hydrogens is 352 g/mol. The molecule has 2 aromatic carbocycles. The van der Waals surface area contributed by atoms with Crippen LogP contribution in [0.3, 0.4) is 0 Å². The Morgan fingerprint density at radius 2 is 1.64 bits per heavy atom. The fourth-order valence-corrected chi connectivity index (χ4v) is 4.14. The number of fused-ring (bicyclic) bond motifs is 1. The lowest BCUT2D eigenvalue weighted by Gasteiger charge is -2.48. The number of carbonyl (C=O) groups excluding carboxylic acids is 2. The van der Waals surface area contributed by atoms with Gasteiger partial charge >= 0.3 is 5.97 Å². The van der Waals surface area contributed by atoms with Gasteiger partial charge in [0.1, 0.15) is 5.76 Å². The van der Waals surface area contributed by atoms with Crippen LogP contribution < -0.4 is 0 Å². The molecular formula is C23H24N2O3. The van der Waals surface area contributed by atoms with Gasteiger partial charge in [-0.3, -0.25) is 4.79 Å². The van der Waals surface area contributed by atoms with Crippen molar-refractivity contribution >= 4 is 11.9 Å². The summed E-state index contributed by atoms with van der Waals surface area (Å²) in [5.41, 5.74) is 1.06. The molecule has 5 nitrogen and oxygen atoms in total. The Morgan fingerprint density at radius 1 is 1.04 bits per heavy atom. The summed E-state index contributed by atoms with van der Waals surface area (Å²) >= 11 is 0. The third-order valence-corrected chi connectivity index (χ3v) is 5.58. The van der Waals surface area contributed by atoms with Crippen molar-refractivity contribution in [2.24, 2.45) is 5.41 Å². The van der Waals surface area contributed by atoms with Crippen LogP contribution in [0.25, 0.3) is 0 Å². The number of benzene rings is 2. The van der Waals surface area contributed by atoms with Gasteiger partial charge in [-0.15, -0.1) is 0 Å². The number of hydrazine groups is 1. The van der Waals surface area contributed by atoms with Gasteiger partial charge in [0, 0.05) is 17.9 Å². The molecule has 0 bridgehead atoms. The van der Waals surface area contributed by atoms with Gasteiger partial charge in [-0.25, -0.2) is 14.8 Å². The Morgan fingerprint density at radius 3 is 2.29 bits per heavy atom. The molecule has 4 rings (SSSR count). The molecule has 5 heteroatoms. The molecule has 0 unspecified atom stereocenters. The van der Waals surface area contributed by atoms with Crippen molar-refractivity contribution in [2.75, 3.05) is 0 Å². The zero-order chi connectivity index (χ0) is 19.9. The molecule has 2 heterocycles. The summed E-state index contributed by atoms with van der Waals surface area (Å²) in [5, 5.41) is 3.73. The second kappa shape index (κ2) is 6.91. The monoisotopic (exact) mass is 376 g/mol. The second-order valence-corrected chi connectivity index (χ2v) is 7.96. The van der Waals surface area contributed by atoms with E-state index in [9.17, 15) is 9.59 Å².